The number of rotatable bonds is 8. The second-order valence-electron chi connectivity index (χ2n) is 10.5. The van der Waals surface area contributed by atoms with Crippen LogP contribution in [0.2, 0.25) is 0 Å². The zero-order valence-electron chi connectivity index (χ0n) is 29.9. The van der Waals surface area contributed by atoms with Crippen molar-refractivity contribution in [2.24, 2.45) is 0 Å². The molecule has 4 nitrogen and oxygen atoms in total. The minimum Gasteiger partial charge on any atom is -0.307 e. The molecule has 0 amide bonds. The topological polar surface area (TPSA) is 13.0 Å². The first-order valence-corrected chi connectivity index (χ1v) is 13.6. The Kier molecular flexibility index (Phi) is 36.4. The Bertz CT molecular complexity index is 918. The van der Waals surface area contributed by atoms with Gasteiger partial charge in [-0.15, -0.1) is 22.3 Å². The van der Waals surface area contributed by atoms with Crippen LogP contribution in [0.25, 0.3) is 0 Å². The first-order chi connectivity index (χ1) is 19.2. The molecule has 216 valence electrons. The van der Waals surface area contributed by atoms with Gasteiger partial charge in [-0.05, 0) is 56.4 Å². The molecule has 4 rings (SSSR count). The van der Waals surface area contributed by atoms with Crippen LogP contribution in [0.5, 0.6) is 0 Å². The molecule has 4 aromatic carbocycles. The first kappa shape index (κ1) is 50.0. The maximum atomic E-state index is 3.16. The normalized spacial score (nSPS) is 9.36. The molecule has 0 aliphatic heterocycles. The van der Waals surface area contributed by atoms with E-state index < -0.39 is 0 Å². The van der Waals surface area contributed by atoms with Gasteiger partial charge in [0.25, 0.3) is 0 Å². The predicted molar refractivity (Wildman–Crippen MR) is 171 cm³/mol. The summed E-state index contributed by atoms with van der Waals surface area (Å²) in [5, 5.41) is 0. The van der Waals surface area contributed by atoms with E-state index in [1.165, 1.54) is 22.3 Å². The maximum absolute atomic E-state index is 3.16. The SMILES string of the molecule is CN(C)Cc1[c-]cccc1.CN(C)Cc1[c-]cccc1.CN(C)Cc1[c-]cccc1.CN(C)Cc1[c-]cccc1.[Li+].[Li+].[Li+].[Li+]. The average Bonchev–Trinajstić information content (AvgIpc) is 2.91. The molecule has 0 spiro atoms. The van der Waals surface area contributed by atoms with Gasteiger partial charge in [-0.25, -0.2) is 0 Å². The van der Waals surface area contributed by atoms with Gasteiger partial charge in [0.15, 0.2) is 0 Å². The van der Waals surface area contributed by atoms with E-state index >= 15 is 0 Å². The van der Waals surface area contributed by atoms with Gasteiger partial charge in [-0.1, -0.05) is 0 Å². The van der Waals surface area contributed by atoms with Gasteiger partial charge in [0, 0.05) is 26.2 Å². The van der Waals surface area contributed by atoms with Crippen LogP contribution < -0.4 is 75.4 Å². The van der Waals surface area contributed by atoms with Crippen LogP contribution in [0.1, 0.15) is 22.3 Å². The molecule has 4 aromatic rings. The molecule has 0 bridgehead atoms. The van der Waals surface area contributed by atoms with Crippen molar-refractivity contribution < 1.29 is 75.4 Å². The van der Waals surface area contributed by atoms with Crippen LogP contribution in [-0.2, 0) is 26.2 Å². The van der Waals surface area contributed by atoms with Crippen molar-refractivity contribution in [2.45, 2.75) is 26.2 Å². The van der Waals surface area contributed by atoms with Gasteiger partial charge in [-0.2, -0.15) is 121 Å². The van der Waals surface area contributed by atoms with Gasteiger partial charge in [-0.3, -0.25) is 0 Å². The zero-order valence-corrected chi connectivity index (χ0v) is 29.9. The van der Waals surface area contributed by atoms with Gasteiger partial charge >= 0.3 is 75.4 Å². The third-order valence-corrected chi connectivity index (χ3v) is 5.04. The molecule has 44 heavy (non-hydrogen) atoms. The second-order valence-corrected chi connectivity index (χ2v) is 10.5. The van der Waals surface area contributed by atoms with E-state index in [9.17, 15) is 0 Å². The Morgan fingerprint density at radius 1 is 0.341 bits per heavy atom. The van der Waals surface area contributed by atoms with Crippen molar-refractivity contribution in [1.82, 2.24) is 19.6 Å². The van der Waals surface area contributed by atoms with E-state index in [1.807, 2.05) is 72.8 Å². The molecule has 0 unspecified atom stereocenters. The molecule has 0 saturated heterocycles. The fraction of sp³-hybridized carbons (Fsp3) is 0.333. The Labute approximate surface area is 318 Å². The third kappa shape index (κ3) is 29.8. The number of hydrogen-bond acceptors (Lipinski definition) is 4. The molecule has 0 aliphatic rings. The Balaban J connectivity index is -0.000000235. The molecule has 0 aliphatic carbocycles. The Morgan fingerprint density at radius 3 is 0.636 bits per heavy atom. The molecule has 0 N–H and O–H groups in total. The summed E-state index contributed by atoms with van der Waals surface area (Å²) < 4.78 is 0. The largest absolute Gasteiger partial charge is 1.00 e. The van der Waals surface area contributed by atoms with Crippen molar-refractivity contribution in [2.75, 3.05) is 56.4 Å². The van der Waals surface area contributed by atoms with E-state index in [0.29, 0.717) is 0 Å². The van der Waals surface area contributed by atoms with Crippen LogP contribution >= 0.6 is 0 Å². The van der Waals surface area contributed by atoms with Crippen LogP contribution in [0.15, 0.2) is 97.1 Å². The molecule has 0 aromatic heterocycles. The van der Waals surface area contributed by atoms with Crippen molar-refractivity contribution >= 4 is 0 Å². The molecule has 0 fully saturated rings. The number of nitrogens with zero attached hydrogens (tertiary/aromatic N) is 4. The molecule has 0 atom stereocenters. The van der Waals surface area contributed by atoms with Crippen molar-refractivity contribution in [3.63, 3.8) is 0 Å². The molecule has 0 radical (unpaired) electrons. The van der Waals surface area contributed by atoms with Crippen LogP contribution in [0, 0.1) is 24.3 Å². The summed E-state index contributed by atoms with van der Waals surface area (Å²) in [6.45, 7) is 3.89. The van der Waals surface area contributed by atoms with E-state index in [-0.39, 0.29) is 75.4 Å². The molecular formula is C36H48Li4N4. The third-order valence-electron chi connectivity index (χ3n) is 5.04. The minimum atomic E-state index is 0. The summed E-state index contributed by atoms with van der Waals surface area (Å²) >= 11 is 0. The van der Waals surface area contributed by atoms with Crippen LogP contribution in [0.3, 0.4) is 0 Å². The summed E-state index contributed by atoms with van der Waals surface area (Å²) in [4.78, 5) is 8.52. The van der Waals surface area contributed by atoms with Gasteiger partial charge in [0.1, 0.15) is 0 Å². The van der Waals surface area contributed by atoms with E-state index in [0.717, 1.165) is 26.2 Å². The first-order valence-electron chi connectivity index (χ1n) is 13.6. The van der Waals surface area contributed by atoms with Gasteiger partial charge in [0.2, 0.25) is 0 Å². The van der Waals surface area contributed by atoms with Crippen LogP contribution in [-0.4, -0.2) is 76.0 Å². The summed E-state index contributed by atoms with van der Waals surface area (Å²) in [5.41, 5.74) is 4.97. The summed E-state index contributed by atoms with van der Waals surface area (Å²) in [7, 11) is 16.5. The minimum absolute atomic E-state index is 0. The van der Waals surface area contributed by atoms with E-state index in [2.05, 4.69) is 125 Å². The smallest absolute Gasteiger partial charge is 0.307 e. The monoisotopic (exact) mass is 564 g/mol. The van der Waals surface area contributed by atoms with Crippen molar-refractivity contribution in [3.8, 4) is 0 Å². The van der Waals surface area contributed by atoms with Crippen LogP contribution in [0.4, 0.5) is 0 Å². The average molecular weight is 565 g/mol. The molecule has 8 heteroatoms. The summed E-state index contributed by atoms with van der Waals surface area (Å²) in [6.07, 6.45) is 0. The predicted octanol–water partition coefficient (Wildman–Crippen LogP) is -5.79. The van der Waals surface area contributed by atoms with E-state index in [4.69, 9.17) is 0 Å². The summed E-state index contributed by atoms with van der Waals surface area (Å²) in [5.74, 6) is 0. The quantitative estimate of drug-likeness (QED) is 0.156. The standard InChI is InChI=1S/4C9H12N.4Li/c4*1-10(2)8-9-6-4-3-5-7-9;;;;/h4*3-6H,8H2,1-2H3;;;;/q4*-1;4*+1. The van der Waals surface area contributed by atoms with Crippen molar-refractivity contribution in [3.05, 3.63) is 144 Å². The summed E-state index contributed by atoms with van der Waals surface area (Å²) in [6, 6.07) is 44.8. The fourth-order valence-electron chi connectivity index (χ4n) is 3.48. The number of benzene rings is 4. The Morgan fingerprint density at radius 2 is 0.523 bits per heavy atom. The van der Waals surface area contributed by atoms with E-state index in [1.54, 1.807) is 0 Å². The zero-order chi connectivity index (χ0) is 29.6. The number of hydrogen-bond donors (Lipinski definition) is 0. The second kappa shape index (κ2) is 32.1. The van der Waals surface area contributed by atoms with Gasteiger partial charge in [0.05, 0.1) is 0 Å². The molecular weight excluding hydrogens is 516 g/mol. The fourth-order valence-corrected chi connectivity index (χ4v) is 3.48. The molecule has 0 heterocycles. The van der Waals surface area contributed by atoms with Crippen molar-refractivity contribution in [1.29, 1.82) is 0 Å². The maximum Gasteiger partial charge on any atom is 1.00 e. The van der Waals surface area contributed by atoms with Gasteiger partial charge < -0.3 is 19.6 Å². The molecule has 0 saturated carbocycles. The Hall–Kier alpha value is -0.890.